The van der Waals surface area contributed by atoms with E-state index in [9.17, 15) is 14.7 Å². The molecule has 7 nitrogen and oxygen atoms in total. The minimum Gasteiger partial charge on any atom is -0.504 e. The molecule has 1 aromatic heterocycles. The highest BCUT2D eigenvalue weighted by molar-refractivity contribution is 6.00. The van der Waals surface area contributed by atoms with Crippen molar-refractivity contribution in [3.05, 3.63) is 18.5 Å². The van der Waals surface area contributed by atoms with Crippen LogP contribution in [0.4, 0.5) is 15.3 Å². The van der Waals surface area contributed by atoms with Gasteiger partial charge in [-0.2, -0.15) is 0 Å². The predicted molar refractivity (Wildman–Crippen MR) is 76.0 cm³/mol. The van der Waals surface area contributed by atoms with E-state index >= 15 is 0 Å². The second kappa shape index (κ2) is 5.59. The zero-order valence-electron chi connectivity index (χ0n) is 12.3. The highest BCUT2D eigenvalue weighted by atomic mass is 16.6. The van der Waals surface area contributed by atoms with E-state index in [1.165, 1.54) is 18.5 Å². The van der Waals surface area contributed by atoms with Gasteiger partial charge in [-0.3, -0.25) is 4.98 Å². The van der Waals surface area contributed by atoms with Crippen LogP contribution in [0.3, 0.4) is 0 Å². The largest absolute Gasteiger partial charge is 0.504 e. The average molecular weight is 293 g/mol. The summed E-state index contributed by atoms with van der Waals surface area (Å²) in [6.07, 6.45) is 3.48. The van der Waals surface area contributed by atoms with Gasteiger partial charge in [0.2, 0.25) is 0 Å². The Morgan fingerprint density at radius 3 is 2.62 bits per heavy atom. The van der Waals surface area contributed by atoms with Gasteiger partial charge in [-0.1, -0.05) is 0 Å². The summed E-state index contributed by atoms with van der Waals surface area (Å²) in [5, 5.41) is 12.1. The number of rotatable bonds is 2. The summed E-state index contributed by atoms with van der Waals surface area (Å²) in [6, 6.07) is 0.685. The molecule has 1 aromatic rings. The Bertz CT molecular complexity index is 549. The normalized spacial score (nSPS) is 14.4. The minimum atomic E-state index is -0.684. The molecule has 0 atom stereocenters. The topological polar surface area (TPSA) is 91.8 Å². The van der Waals surface area contributed by atoms with Crippen molar-refractivity contribution >= 4 is 17.8 Å². The lowest BCUT2D eigenvalue weighted by atomic mass is 10.2. The highest BCUT2D eigenvalue weighted by Crippen LogP contribution is 2.30. The van der Waals surface area contributed by atoms with Crippen LogP contribution >= 0.6 is 0 Å². The van der Waals surface area contributed by atoms with Crippen LogP contribution in [0.2, 0.25) is 0 Å². The van der Waals surface area contributed by atoms with Crippen LogP contribution in [0, 0.1) is 0 Å². The molecule has 7 heteroatoms. The Hall–Kier alpha value is -2.31. The van der Waals surface area contributed by atoms with Crippen molar-refractivity contribution in [3.8, 4) is 5.75 Å². The number of nitrogens with zero attached hydrogens (tertiary/aromatic N) is 2. The number of hydrogen-bond acceptors (Lipinski definition) is 5. The first kappa shape index (κ1) is 15.1. The molecule has 1 heterocycles. The summed E-state index contributed by atoms with van der Waals surface area (Å²) in [6.45, 7) is 5.22. The van der Waals surface area contributed by atoms with Crippen LogP contribution in [0.5, 0.6) is 5.75 Å². The molecule has 0 aromatic carbocycles. The molecule has 2 N–H and O–H groups in total. The van der Waals surface area contributed by atoms with Gasteiger partial charge in [-0.05, 0) is 39.7 Å². The van der Waals surface area contributed by atoms with Gasteiger partial charge in [0.15, 0.2) is 5.75 Å². The molecule has 0 saturated heterocycles. The molecule has 0 unspecified atom stereocenters. The first-order valence-electron chi connectivity index (χ1n) is 6.74. The van der Waals surface area contributed by atoms with Crippen molar-refractivity contribution < 1.29 is 19.4 Å². The average Bonchev–Trinajstić information content (AvgIpc) is 3.14. The summed E-state index contributed by atoms with van der Waals surface area (Å²) < 4.78 is 5.24. The number of anilines is 1. The Morgan fingerprint density at radius 2 is 2.10 bits per heavy atom. The lowest BCUT2D eigenvalue weighted by Gasteiger charge is -2.26. The van der Waals surface area contributed by atoms with Crippen molar-refractivity contribution in [2.24, 2.45) is 0 Å². The molecule has 1 aliphatic rings. The lowest BCUT2D eigenvalue weighted by molar-refractivity contribution is 0.0321. The van der Waals surface area contributed by atoms with Crippen molar-refractivity contribution in [1.29, 1.82) is 0 Å². The number of aromatic nitrogens is 1. The zero-order chi connectivity index (χ0) is 15.6. The van der Waals surface area contributed by atoms with E-state index in [1.807, 2.05) is 0 Å². The van der Waals surface area contributed by atoms with Gasteiger partial charge in [-0.15, -0.1) is 0 Å². The van der Waals surface area contributed by atoms with Crippen LogP contribution in [0.15, 0.2) is 18.5 Å². The zero-order valence-corrected chi connectivity index (χ0v) is 12.3. The van der Waals surface area contributed by atoms with E-state index in [4.69, 9.17) is 4.74 Å². The number of amides is 3. The van der Waals surface area contributed by atoms with E-state index in [2.05, 4.69) is 10.3 Å². The molecule has 1 saturated carbocycles. The van der Waals surface area contributed by atoms with Crippen LogP contribution in [-0.2, 0) is 4.74 Å². The standard InChI is InChI=1S/C14H19N3O4/c1-14(2,3)21-13(20)17(9-4-5-9)12(19)16-10-6-7-15-8-11(10)18/h6-9,18H,4-5H2,1-3H3,(H,15,16,19). The molecule has 1 fully saturated rings. The Labute approximate surface area is 122 Å². The number of ether oxygens (including phenoxy) is 1. The molecule has 114 valence electrons. The van der Waals surface area contributed by atoms with Crippen molar-refractivity contribution in [3.63, 3.8) is 0 Å². The monoisotopic (exact) mass is 293 g/mol. The van der Waals surface area contributed by atoms with Crippen molar-refractivity contribution in [2.45, 2.75) is 45.3 Å². The maximum atomic E-state index is 12.3. The number of imide groups is 1. The molecule has 3 amide bonds. The second-order valence-corrected chi connectivity index (χ2v) is 5.90. The quantitative estimate of drug-likeness (QED) is 0.874. The first-order valence-corrected chi connectivity index (χ1v) is 6.74. The molecule has 0 bridgehead atoms. The summed E-state index contributed by atoms with van der Waals surface area (Å²) in [4.78, 5) is 29.2. The number of carbonyl (C=O) groups excluding carboxylic acids is 2. The summed E-state index contributed by atoms with van der Waals surface area (Å²) in [5.41, 5.74) is -0.479. The van der Waals surface area contributed by atoms with E-state index in [-0.39, 0.29) is 17.5 Å². The van der Waals surface area contributed by atoms with Gasteiger partial charge in [0.25, 0.3) is 0 Å². The molecule has 0 aliphatic heterocycles. The van der Waals surface area contributed by atoms with Gasteiger partial charge in [-0.25, -0.2) is 14.5 Å². The number of carbonyl (C=O) groups is 2. The Morgan fingerprint density at radius 1 is 1.43 bits per heavy atom. The van der Waals surface area contributed by atoms with Gasteiger partial charge in [0.05, 0.1) is 11.9 Å². The van der Waals surface area contributed by atoms with E-state index in [0.717, 1.165) is 17.7 Å². The van der Waals surface area contributed by atoms with E-state index in [0.29, 0.717) is 0 Å². The van der Waals surface area contributed by atoms with Crippen LogP contribution in [0.1, 0.15) is 33.6 Å². The van der Waals surface area contributed by atoms with Gasteiger partial charge < -0.3 is 15.2 Å². The first-order chi connectivity index (χ1) is 9.78. The number of nitrogens with one attached hydrogen (secondary N) is 1. The second-order valence-electron chi connectivity index (χ2n) is 5.90. The van der Waals surface area contributed by atoms with E-state index < -0.39 is 17.7 Å². The maximum absolute atomic E-state index is 12.3. The van der Waals surface area contributed by atoms with Crippen molar-refractivity contribution in [2.75, 3.05) is 5.32 Å². The third-order valence-electron chi connectivity index (χ3n) is 2.76. The predicted octanol–water partition coefficient (Wildman–Crippen LogP) is 2.72. The molecule has 1 aliphatic carbocycles. The molecule has 21 heavy (non-hydrogen) atoms. The summed E-state index contributed by atoms with van der Waals surface area (Å²) in [7, 11) is 0. The molecule has 0 spiro atoms. The third-order valence-corrected chi connectivity index (χ3v) is 2.76. The fraction of sp³-hybridized carbons (Fsp3) is 0.500. The van der Waals surface area contributed by atoms with Crippen LogP contribution in [0.25, 0.3) is 0 Å². The summed E-state index contributed by atoms with van der Waals surface area (Å²) in [5.74, 6) is -0.161. The maximum Gasteiger partial charge on any atom is 0.418 e. The lowest BCUT2D eigenvalue weighted by Crippen LogP contribution is -2.44. The molecular formula is C14H19N3O4. The number of aromatic hydroxyl groups is 1. The number of urea groups is 1. The minimum absolute atomic E-state index is 0.149. The fourth-order valence-electron chi connectivity index (χ4n) is 1.71. The molecule has 0 radical (unpaired) electrons. The highest BCUT2D eigenvalue weighted by Gasteiger charge is 2.39. The number of pyridine rings is 1. The van der Waals surface area contributed by atoms with E-state index in [1.54, 1.807) is 20.8 Å². The van der Waals surface area contributed by atoms with Gasteiger partial charge >= 0.3 is 12.1 Å². The fourth-order valence-corrected chi connectivity index (χ4v) is 1.71. The molecular weight excluding hydrogens is 274 g/mol. The Balaban J connectivity index is 2.10. The van der Waals surface area contributed by atoms with Gasteiger partial charge in [0.1, 0.15) is 5.60 Å². The van der Waals surface area contributed by atoms with Crippen LogP contribution in [-0.4, -0.2) is 38.8 Å². The smallest absolute Gasteiger partial charge is 0.418 e. The SMILES string of the molecule is CC(C)(C)OC(=O)N(C(=O)Nc1ccncc1O)C1CC1. The van der Waals surface area contributed by atoms with Crippen molar-refractivity contribution in [1.82, 2.24) is 9.88 Å². The third kappa shape index (κ3) is 4.08. The van der Waals surface area contributed by atoms with Gasteiger partial charge in [0, 0.05) is 12.2 Å². The molecule has 2 rings (SSSR count). The summed E-state index contributed by atoms with van der Waals surface area (Å²) >= 11 is 0. The Kier molecular flexibility index (Phi) is 4.02. The van der Waals surface area contributed by atoms with Crippen LogP contribution < -0.4 is 5.32 Å². The number of hydrogen-bond donors (Lipinski definition) is 2.